The molecule has 0 saturated heterocycles. The van der Waals surface area contributed by atoms with Gasteiger partial charge >= 0.3 is 0 Å². The maximum Gasteiger partial charge on any atom is 0.195 e. The summed E-state index contributed by atoms with van der Waals surface area (Å²) in [5, 5.41) is 6.94. The van der Waals surface area contributed by atoms with E-state index in [9.17, 15) is 0 Å². The van der Waals surface area contributed by atoms with Crippen LogP contribution in [0.15, 0.2) is 17.1 Å². The molecule has 2 heterocycles. The molecule has 1 aliphatic heterocycles. The number of hydrogen-bond acceptors (Lipinski definition) is 6. The molecule has 0 unspecified atom stereocenters. The van der Waals surface area contributed by atoms with Crippen molar-refractivity contribution in [2.45, 2.75) is 0 Å². The number of anilines is 1. The van der Waals surface area contributed by atoms with E-state index in [1.807, 2.05) is 6.07 Å². The van der Waals surface area contributed by atoms with Crippen molar-refractivity contribution in [1.29, 1.82) is 0 Å². The number of benzene rings is 1. The molecule has 1 aromatic carbocycles. The fraction of sp³-hybridized carbons (Fsp3) is 0.222. The molecule has 0 radical (unpaired) electrons. The van der Waals surface area contributed by atoms with Crippen LogP contribution in [0.3, 0.4) is 0 Å². The third-order valence-electron chi connectivity index (χ3n) is 2.25. The predicted molar refractivity (Wildman–Crippen MR) is 66.4 cm³/mol. The zero-order valence-corrected chi connectivity index (χ0v) is 9.77. The van der Waals surface area contributed by atoms with E-state index in [1.165, 1.54) is 11.7 Å². The summed E-state index contributed by atoms with van der Waals surface area (Å²) in [4.78, 5) is 4.26. The van der Waals surface area contributed by atoms with Crippen LogP contribution >= 0.6 is 23.3 Å². The van der Waals surface area contributed by atoms with Crippen molar-refractivity contribution < 1.29 is 0 Å². The lowest BCUT2D eigenvalue weighted by Gasteiger charge is -2.07. The number of nitrogens with zero attached hydrogens (tertiary/aromatic N) is 3. The lowest BCUT2D eigenvalue weighted by atomic mass is 10.2. The first-order valence-electron chi connectivity index (χ1n) is 4.80. The molecule has 1 aliphatic rings. The molecular weight excluding hydrogens is 246 g/mol. The van der Waals surface area contributed by atoms with Crippen LogP contribution in [-0.4, -0.2) is 27.8 Å². The van der Waals surface area contributed by atoms with Gasteiger partial charge in [-0.2, -0.15) is 8.75 Å². The van der Waals surface area contributed by atoms with E-state index >= 15 is 0 Å². The second-order valence-electron chi connectivity index (χ2n) is 3.37. The monoisotopic (exact) mass is 253 g/mol. The van der Waals surface area contributed by atoms with Gasteiger partial charge in [-0.3, -0.25) is 4.99 Å². The summed E-state index contributed by atoms with van der Waals surface area (Å²) >= 11 is 7.18. The fourth-order valence-electron chi connectivity index (χ4n) is 1.56. The van der Waals surface area contributed by atoms with E-state index in [4.69, 9.17) is 11.6 Å². The highest BCUT2D eigenvalue weighted by Gasteiger charge is 2.11. The van der Waals surface area contributed by atoms with E-state index in [0.717, 1.165) is 35.8 Å². The van der Waals surface area contributed by atoms with Gasteiger partial charge in [-0.25, -0.2) is 0 Å². The SMILES string of the molecule is Clc1cc(NC2=NCCN2)c2nsnc2c1. The highest BCUT2D eigenvalue weighted by Crippen LogP contribution is 2.26. The van der Waals surface area contributed by atoms with E-state index in [-0.39, 0.29) is 0 Å². The maximum absolute atomic E-state index is 6.00. The second kappa shape index (κ2) is 3.88. The summed E-state index contributed by atoms with van der Waals surface area (Å²) in [6.45, 7) is 1.66. The van der Waals surface area contributed by atoms with Gasteiger partial charge in [0.15, 0.2) is 5.96 Å². The first-order chi connectivity index (χ1) is 7.83. The number of nitrogens with one attached hydrogen (secondary N) is 2. The Labute approximate surface area is 101 Å². The first kappa shape index (κ1) is 9.80. The number of hydrogen-bond donors (Lipinski definition) is 2. The van der Waals surface area contributed by atoms with Gasteiger partial charge < -0.3 is 10.6 Å². The summed E-state index contributed by atoms with van der Waals surface area (Å²) in [5.41, 5.74) is 2.47. The molecule has 2 aromatic rings. The van der Waals surface area contributed by atoms with Gasteiger partial charge in [-0.1, -0.05) is 11.6 Å². The van der Waals surface area contributed by atoms with Crippen LogP contribution in [0.5, 0.6) is 0 Å². The van der Waals surface area contributed by atoms with Crippen LogP contribution in [0, 0.1) is 0 Å². The molecule has 7 heteroatoms. The van der Waals surface area contributed by atoms with Gasteiger partial charge in [0, 0.05) is 11.6 Å². The minimum atomic E-state index is 0.640. The molecule has 0 amide bonds. The van der Waals surface area contributed by atoms with E-state index in [1.54, 1.807) is 6.07 Å². The molecule has 0 atom stereocenters. The summed E-state index contributed by atoms with van der Waals surface area (Å²) in [6, 6.07) is 3.63. The third kappa shape index (κ3) is 1.70. The van der Waals surface area contributed by atoms with Crippen molar-refractivity contribution in [2.75, 3.05) is 18.4 Å². The summed E-state index contributed by atoms with van der Waals surface area (Å²) < 4.78 is 8.39. The van der Waals surface area contributed by atoms with Crippen molar-refractivity contribution in [3.63, 3.8) is 0 Å². The Morgan fingerprint density at radius 2 is 2.31 bits per heavy atom. The van der Waals surface area contributed by atoms with Crippen molar-refractivity contribution in [3.05, 3.63) is 17.2 Å². The number of fused-ring (bicyclic) bond motifs is 1. The Kier molecular flexibility index (Phi) is 2.37. The predicted octanol–water partition coefficient (Wildman–Crippen LogP) is 1.72. The second-order valence-corrected chi connectivity index (χ2v) is 4.33. The van der Waals surface area contributed by atoms with Crippen molar-refractivity contribution in [3.8, 4) is 0 Å². The number of guanidine groups is 1. The topological polar surface area (TPSA) is 62.2 Å². The van der Waals surface area contributed by atoms with Crippen LogP contribution in [0.2, 0.25) is 5.02 Å². The van der Waals surface area contributed by atoms with Crippen molar-refractivity contribution in [2.24, 2.45) is 4.99 Å². The molecule has 5 nitrogen and oxygen atoms in total. The molecule has 0 bridgehead atoms. The van der Waals surface area contributed by atoms with Crippen molar-refractivity contribution in [1.82, 2.24) is 14.1 Å². The van der Waals surface area contributed by atoms with Crippen LogP contribution in [0.4, 0.5) is 5.69 Å². The zero-order chi connectivity index (χ0) is 11.0. The lowest BCUT2D eigenvalue weighted by molar-refractivity contribution is 0.959. The zero-order valence-electron chi connectivity index (χ0n) is 8.20. The van der Waals surface area contributed by atoms with Gasteiger partial charge in [0.25, 0.3) is 0 Å². The van der Waals surface area contributed by atoms with Gasteiger partial charge in [-0.15, -0.1) is 0 Å². The Bertz CT molecular complexity index is 564. The summed E-state index contributed by atoms with van der Waals surface area (Å²) in [7, 11) is 0. The Balaban J connectivity index is 2.04. The Morgan fingerprint density at radius 3 is 3.12 bits per heavy atom. The van der Waals surface area contributed by atoms with Crippen LogP contribution < -0.4 is 10.6 Å². The quantitative estimate of drug-likeness (QED) is 0.812. The van der Waals surface area contributed by atoms with Crippen molar-refractivity contribution >= 4 is 46.0 Å². The van der Waals surface area contributed by atoms with Gasteiger partial charge in [-0.05, 0) is 12.1 Å². The van der Waals surface area contributed by atoms with Gasteiger partial charge in [0.2, 0.25) is 0 Å². The summed E-state index contributed by atoms with van der Waals surface area (Å²) in [6.07, 6.45) is 0. The molecule has 3 rings (SSSR count). The molecule has 16 heavy (non-hydrogen) atoms. The van der Waals surface area contributed by atoms with Crippen LogP contribution in [0.1, 0.15) is 0 Å². The van der Waals surface area contributed by atoms with E-state index in [2.05, 4.69) is 24.4 Å². The average molecular weight is 254 g/mol. The number of halogens is 1. The number of aromatic nitrogens is 2. The van der Waals surface area contributed by atoms with E-state index < -0.39 is 0 Å². The normalized spacial score (nSPS) is 14.9. The molecular formula is C9H8ClN5S. The molecule has 82 valence electrons. The minimum Gasteiger partial charge on any atom is -0.354 e. The Morgan fingerprint density at radius 1 is 1.38 bits per heavy atom. The third-order valence-corrected chi connectivity index (χ3v) is 3.01. The van der Waals surface area contributed by atoms with E-state index in [0.29, 0.717) is 5.02 Å². The molecule has 1 aromatic heterocycles. The molecule has 0 spiro atoms. The van der Waals surface area contributed by atoms with Crippen LogP contribution in [-0.2, 0) is 0 Å². The average Bonchev–Trinajstić information content (AvgIpc) is 2.87. The Hall–Kier alpha value is -1.40. The largest absolute Gasteiger partial charge is 0.354 e. The highest BCUT2D eigenvalue weighted by molar-refractivity contribution is 7.00. The highest BCUT2D eigenvalue weighted by atomic mass is 35.5. The minimum absolute atomic E-state index is 0.640. The summed E-state index contributed by atoms with van der Waals surface area (Å²) in [5.74, 6) is 0.761. The standard InChI is InChI=1S/C9H8ClN5S/c10-5-3-6(13-9-11-1-2-12-9)8-7(4-5)14-16-15-8/h3-4H,1-2H2,(H2,11,12,13). The molecule has 2 N–H and O–H groups in total. The smallest absolute Gasteiger partial charge is 0.195 e. The number of rotatable bonds is 1. The van der Waals surface area contributed by atoms with Gasteiger partial charge in [0.1, 0.15) is 11.0 Å². The molecule has 0 aliphatic carbocycles. The van der Waals surface area contributed by atoms with Gasteiger partial charge in [0.05, 0.1) is 24.0 Å². The maximum atomic E-state index is 6.00. The molecule has 0 fully saturated rings. The lowest BCUT2D eigenvalue weighted by Crippen LogP contribution is -2.26. The molecule has 0 saturated carbocycles. The first-order valence-corrected chi connectivity index (χ1v) is 5.91. The fourth-order valence-corrected chi connectivity index (χ4v) is 2.31. The van der Waals surface area contributed by atoms with Crippen LogP contribution in [0.25, 0.3) is 11.0 Å². The number of aliphatic imine (C=N–C) groups is 1.